The SMILES string of the molecule is Cc1ncnc(C)c1NC(=O)c1ccc(Nc2snc(O)c2C(=N)NCCc2ncco2)cc1Cl. The fourth-order valence-corrected chi connectivity index (χ4v) is 4.20. The van der Waals surface area contributed by atoms with Crippen molar-refractivity contribution < 1.29 is 14.3 Å². The van der Waals surface area contributed by atoms with E-state index in [1.165, 1.54) is 12.6 Å². The quantitative estimate of drug-likeness (QED) is 0.173. The number of aromatic nitrogens is 4. The second-order valence-electron chi connectivity index (χ2n) is 7.38. The Bertz CT molecular complexity index is 1350. The second-order valence-corrected chi connectivity index (χ2v) is 8.56. The third kappa shape index (κ3) is 5.55. The molecule has 4 rings (SSSR count). The van der Waals surface area contributed by atoms with Gasteiger partial charge in [-0.25, -0.2) is 15.0 Å². The first-order chi connectivity index (χ1) is 16.8. The topological polar surface area (TPSA) is 162 Å². The van der Waals surface area contributed by atoms with Gasteiger partial charge in [0.25, 0.3) is 5.91 Å². The molecule has 0 bridgehead atoms. The molecule has 0 saturated heterocycles. The van der Waals surface area contributed by atoms with Crippen LogP contribution in [0.2, 0.25) is 5.02 Å². The predicted molar refractivity (Wildman–Crippen MR) is 133 cm³/mol. The molecule has 1 amide bonds. The molecule has 180 valence electrons. The number of aryl methyl sites for hydroxylation is 2. The van der Waals surface area contributed by atoms with Crippen molar-refractivity contribution in [3.63, 3.8) is 0 Å². The fourth-order valence-electron chi connectivity index (χ4n) is 3.21. The Kier molecular flexibility index (Phi) is 7.22. The maximum atomic E-state index is 12.8. The first-order valence-electron chi connectivity index (χ1n) is 10.4. The van der Waals surface area contributed by atoms with Gasteiger partial charge >= 0.3 is 0 Å². The lowest BCUT2D eigenvalue weighted by molar-refractivity contribution is 0.102. The third-order valence-corrected chi connectivity index (χ3v) is 6.05. The molecule has 3 aromatic heterocycles. The number of benzene rings is 1. The number of amidine groups is 1. The van der Waals surface area contributed by atoms with E-state index in [0.717, 1.165) is 11.5 Å². The molecular formula is C22H21ClN8O3S. The van der Waals surface area contributed by atoms with Crippen LogP contribution in [-0.4, -0.2) is 42.7 Å². The van der Waals surface area contributed by atoms with E-state index >= 15 is 0 Å². The Hall–Kier alpha value is -4.03. The highest BCUT2D eigenvalue weighted by Gasteiger charge is 2.19. The lowest BCUT2D eigenvalue weighted by Gasteiger charge is -2.12. The molecule has 0 saturated carbocycles. The van der Waals surface area contributed by atoms with Crippen LogP contribution in [0, 0.1) is 19.3 Å². The van der Waals surface area contributed by atoms with Crippen molar-refractivity contribution in [2.75, 3.05) is 17.2 Å². The van der Waals surface area contributed by atoms with Crippen molar-refractivity contribution in [3.8, 4) is 5.88 Å². The Morgan fingerprint density at radius 3 is 2.69 bits per heavy atom. The number of hydrogen-bond acceptors (Lipinski definition) is 10. The lowest BCUT2D eigenvalue weighted by Crippen LogP contribution is -2.26. The second kappa shape index (κ2) is 10.5. The highest BCUT2D eigenvalue weighted by atomic mass is 35.5. The van der Waals surface area contributed by atoms with Crippen molar-refractivity contribution in [3.05, 3.63) is 70.4 Å². The Morgan fingerprint density at radius 1 is 1.23 bits per heavy atom. The third-order valence-electron chi connectivity index (χ3n) is 4.98. The monoisotopic (exact) mass is 512 g/mol. The summed E-state index contributed by atoms with van der Waals surface area (Å²) in [5, 5.41) is 28.0. The van der Waals surface area contributed by atoms with E-state index in [0.29, 0.717) is 46.6 Å². The van der Waals surface area contributed by atoms with Gasteiger partial charge in [-0.3, -0.25) is 10.2 Å². The van der Waals surface area contributed by atoms with Crippen LogP contribution in [0.5, 0.6) is 5.88 Å². The molecule has 1 aromatic carbocycles. The molecule has 13 heteroatoms. The van der Waals surface area contributed by atoms with Gasteiger partial charge in [-0.2, -0.15) is 4.37 Å². The van der Waals surface area contributed by atoms with Crippen LogP contribution in [0.1, 0.15) is 33.2 Å². The number of oxazole rings is 1. The highest BCUT2D eigenvalue weighted by Crippen LogP contribution is 2.33. The molecule has 0 aliphatic heterocycles. The molecule has 0 atom stereocenters. The van der Waals surface area contributed by atoms with Gasteiger partial charge in [0, 0.05) is 18.7 Å². The first kappa shape index (κ1) is 24.1. The number of nitrogens with zero attached hydrogens (tertiary/aromatic N) is 4. The predicted octanol–water partition coefficient (Wildman–Crippen LogP) is 4.05. The molecule has 0 unspecified atom stereocenters. The van der Waals surface area contributed by atoms with Crippen molar-refractivity contribution in [2.45, 2.75) is 20.3 Å². The summed E-state index contributed by atoms with van der Waals surface area (Å²) in [6.07, 6.45) is 4.94. The van der Waals surface area contributed by atoms with Crippen LogP contribution in [0.3, 0.4) is 0 Å². The number of carbonyl (C=O) groups is 1. The molecule has 4 aromatic rings. The summed E-state index contributed by atoms with van der Waals surface area (Å²) < 4.78 is 9.11. The molecule has 0 radical (unpaired) electrons. The number of carbonyl (C=O) groups excluding carboxylic acids is 1. The molecule has 3 heterocycles. The standard InChI is InChI=1S/C22H21ClN8O3S/c1-11-18(12(2)28-10-27-11)30-20(32)14-4-3-13(9-15(14)23)29-22-17(21(33)31-35-22)19(24)26-6-5-16-25-7-8-34-16/h3-4,7-10,29H,5-6H2,1-2H3,(H2,24,26)(H,30,32)(H,31,33). The van der Waals surface area contributed by atoms with Gasteiger partial charge in [-0.1, -0.05) is 11.6 Å². The van der Waals surface area contributed by atoms with Gasteiger partial charge in [0.2, 0.25) is 5.88 Å². The zero-order valence-electron chi connectivity index (χ0n) is 18.7. The zero-order chi connectivity index (χ0) is 24.9. The smallest absolute Gasteiger partial charge is 0.257 e. The summed E-state index contributed by atoms with van der Waals surface area (Å²) in [5.74, 6) is -0.136. The van der Waals surface area contributed by atoms with E-state index in [-0.39, 0.29) is 27.9 Å². The maximum Gasteiger partial charge on any atom is 0.257 e. The van der Waals surface area contributed by atoms with E-state index in [2.05, 4.69) is 35.3 Å². The summed E-state index contributed by atoms with van der Waals surface area (Å²) in [7, 11) is 0. The van der Waals surface area contributed by atoms with E-state index < -0.39 is 5.91 Å². The largest absolute Gasteiger partial charge is 0.492 e. The van der Waals surface area contributed by atoms with Crippen molar-refractivity contribution in [2.24, 2.45) is 0 Å². The molecule has 35 heavy (non-hydrogen) atoms. The summed E-state index contributed by atoms with van der Waals surface area (Å²) >= 11 is 7.39. The van der Waals surface area contributed by atoms with Gasteiger partial charge in [-0.05, 0) is 43.6 Å². The highest BCUT2D eigenvalue weighted by molar-refractivity contribution is 7.11. The summed E-state index contributed by atoms with van der Waals surface area (Å²) in [5.41, 5.74) is 2.88. The van der Waals surface area contributed by atoms with Crippen LogP contribution in [0.15, 0.2) is 41.4 Å². The zero-order valence-corrected chi connectivity index (χ0v) is 20.3. The molecule has 11 nitrogen and oxygen atoms in total. The van der Waals surface area contributed by atoms with E-state index in [1.807, 2.05) is 0 Å². The van der Waals surface area contributed by atoms with Crippen LogP contribution in [0.25, 0.3) is 0 Å². The minimum absolute atomic E-state index is 0.0109. The normalized spacial score (nSPS) is 10.7. The first-order valence-corrected chi connectivity index (χ1v) is 11.5. The fraction of sp³-hybridized carbons (Fsp3) is 0.182. The average Bonchev–Trinajstić information content (AvgIpc) is 3.46. The number of nitrogens with one attached hydrogen (secondary N) is 4. The van der Waals surface area contributed by atoms with Crippen molar-refractivity contribution >= 4 is 51.3 Å². The summed E-state index contributed by atoms with van der Waals surface area (Å²) in [6, 6.07) is 4.83. The van der Waals surface area contributed by atoms with Crippen molar-refractivity contribution in [1.29, 1.82) is 5.41 Å². The van der Waals surface area contributed by atoms with Gasteiger partial charge in [0.15, 0.2) is 5.89 Å². The average molecular weight is 513 g/mol. The Balaban J connectivity index is 1.45. The number of halogens is 1. The maximum absolute atomic E-state index is 12.8. The Morgan fingerprint density at radius 2 is 2.00 bits per heavy atom. The number of aromatic hydroxyl groups is 1. The number of anilines is 3. The molecule has 0 aliphatic rings. The number of rotatable bonds is 8. The lowest BCUT2D eigenvalue weighted by atomic mass is 10.1. The number of hydrogen-bond donors (Lipinski definition) is 5. The summed E-state index contributed by atoms with van der Waals surface area (Å²) in [6.45, 7) is 3.94. The minimum Gasteiger partial charge on any atom is -0.492 e. The Labute approximate surface area is 209 Å². The molecular weight excluding hydrogens is 492 g/mol. The van der Waals surface area contributed by atoms with Gasteiger partial charge in [-0.15, -0.1) is 0 Å². The van der Waals surface area contributed by atoms with Crippen LogP contribution in [0.4, 0.5) is 16.4 Å². The number of amides is 1. The van der Waals surface area contributed by atoms with Gasteiger partial charge in [0.05, 0.1) is 33.9 Å². The van der Waals surface area contributed by atoms with E-state index in [1.54, 1.807) is 38.2 Å². The van der Waals surface area contributed by atoms with E-state index in [9.17, 15) is 9.90 Å². The van der Waals surface area contributed by atoms with Crippen molar-refractivity contribution in [1.82, 2.24) is 24.6 Å². The van der Waals surface area contributed by atoms with Gasteiger partial charge < -0.3 is 25.5 Å². The molecule has 0 spiro atoms. The minimum atomic E-state index is -0.393. The molecule has 0 aliphatic carbocycles. The van der Waals surface area contributed by atoms with Gasteiger partial charge in [0.1, 0.15) is 29.0 Å². The molecule has 5 N–H and O–H groups in total. The van der Waals surface area contributed by atoms with Crippen LogP contribution in [-0.2, 0) is 6.42 Å². The van der Waals surface area contributed by atoms with Crippen LogP contribution < -0.4 is 16.0 Å². The molecule has 0 fully saturated rings. The summed E-state index contributed by atoms with van der Waals surface area (Å²) in [4.78, 5) is 25.0. The van der Waals surface area contributed by atoms with Crippen LogP contribution >= 0.6 is 23.1 Å². The van der Waals surface area contributed by atoms with E-state index in [4.69, 9.17) is 21.4 Å².